The topological polar surface area (TPSA) is 109 Å². The number of aldehydes is 1. The van der Waals surface area contributed by atoms with Gasteiger partial charge in [0.05, 0.1) is 10.4 Å². The molecule has 0 aliphatic rings. The first-order chi connectivity index (χ1) is 12.2. The van der Waals surface area contributed by atoms with E-state index in [1.807, 2.05) is 34.9 Å². The van der Waals surface area contributed by atoms with Gasteiger partial charge in [-0.2, -0.15) is 0 Å². The molecule has 0 saturated carbocycles. The van der Waals surface area contributed by atoms with Crippen molar-refractivity contribution in [3.05, 3.63) is 64.4 Å². The molecule has 2 heterocycles. The monoisotopic (exact) mass is 351 g/mol. The van der Waals surface area contributed by atoms with Gasteiger partial charge in [-0.05, 0) is 17.8 Å². The quantitative estimate of drug-likeness (QED) is 0.450. The molecule has 6 nitrogen and oxygen atoms in total. The van der Waals surface area contributed by atoms with E-state index in [1.165, 1.54) is 29.8 Å². The smallest absolute Gasteiger partial charge is 0.167 e. The van der Waals surface area contributed by atoms with Gasteiger partial charge in [-0.3, -0.25) is 4.79 Å². The normalized spacial score (nSPS) is 11.2. The second-order valence-corrected chi connectivity index (χ2v) is 6.54. The van der Waals surface area contributed by atoms with Crippen molar-refractivity contribution in [1.29, 1.82) is 10.8 Å². The molecule has 25 heavy (non-hydrogen) atoms. The Morgan fingerprint density at radius 3 is 2.72 bits per heavy atom. The van der Waals surface area contributed by atoms with Gasteiger partial charge in [-0.15, -0.1) is 11.3 Å². The lowest BCUT2D eigenvalue weighted by molar-refractivity contribution is 0.111. The molecule has 1 aromatic carbocycles. The predicted molar refractivity (Wildman–Crippen MR) is 101 cm³/mol. The van der Waals surface area contributed by atoms with Crippen LogP contribution in [0.4, 0.5) is 0 Å². The number of hydrogen-bond donors (Lipinski definition) is 3. The zero-order valence-electron chi connectivity index (χ0n) is 13.4. The maximum Gasteiger partial charge on any atom is 0.167 e. The van der Waals surface area contributed by atoms with Crippen molar-refractivity contribution in [2.45, 2.75) is 13.0 Å². The van der Waals surface area contributed by atoms with Crippen molar-refractivity contribution >= 4 is 39.9 Å². The summed E-state index contributed by atoms with van der Waals surface area (Å²) in [4.78, 5) is 16.2. The Bertz CT molecular complexity index is 968. The fraction of sp³-hybridized carbons (Fsp3) is 0.111. The Morgan fingerprint density at radius 2 is 2.08 bits per heavy atom. The number of nitrogens with one attached hydrogen (secondary N) is 2. The number of benzene rings is 1. The second-order valence-electron chi connectivity index (χ2n) is 5.45. The highest BCUT2D eigenvalue weighted by Gasteiger charge is 2.20. The van der Waals surface area contributed by atoms with Gasteiger partial charge in [0.25, 0.3) is 0 Å². The van der Waals surface area contributed by atoms with Crippen LogP contribution in [0.3, 0.4) is 0 Å². The van der Waals surface area contributed by atoms with Crippen molar-refractivity contribution in [1.82, 2.24) is 9.55 Å². The number of carbonyl (C=O) groups is 1. The highest BCUT2D eigenvalue weighted by Crippen LogP contribution is 2.30. The summed E-state index contributed by atoms with van der Waals surface area (Å²) in [5, 5.41) is 16.3. The van der Waals surface area contributed by atoms with Gasteiger partial charge in [0.15, 0.2) is 11.9 Å². The number of nitrogens with zero attached hydrogens (tertiary/aromatic N) is 2. The van der Waals surface area contributed by atoms with E-state index in [0.717, 1.165) is 21.6 Å². The fourth-order valence-corrected chi connectivity index (χ4v) is 3.81. The molecule has 0 saturated heterocycles. The third kappa shape index (κ3) is 3.27. The molecule has 4 N–H and O–H groups in total. The Kier molecular flexibility index (Phi) is 4.85. The maximum absolute atomic E-state index is 11.6. The SMILES string of the molecule is N=Cc1c(C=O)n(Cc2ccccc2)c2nc(CC(=N)/C=C\N)sc12. The summed E-state index contributed by atoms with van der Waals surface area (Å²) in [6.45, 7) is 0.503. The Hall–Kier alpha value is -3.06. The van der Waals surface area contributed by atoms with E-state index in [0.29, 0.717) is 35.6 Å². The van der Waals surface area contributed by atoms with Crippen molar-refractivity contribution in [2.24, 2.45) is 5.73 Å². The highest BCUT2D eigenvalue weighted by molar-refractivity contribution is 7.19. The first-order valence-electron chi connectivity index (χ1n) is 7.65. The molecule has 0 atom stereocenters. The van der Waals surface area contributed by atoms with Crippen LogP contribution >= 0.6 is 11.3 Å². The molecule has 3 aromatic rings. The molecular weight excluding hydrogens is 334 g/mol. The van der Waals surface area contributed by atoms with Crippen molar-refractivity contribution in [2.75, 3.05) is 0 Å². The van der Waals surface area contributed by atoms with E-state index in [1.54, 1.807) is 0 Å². The van der Waals surface area contributed by atoms with Gasteiger partial charge in [0.1, 0.15) is 5.01 Å². The van der Waals surface area contributed by atoms with Crippen LogP contribution in [0.1, 0.15) is 26.6 Å². The molecule has 3 rings (SSSR count). The van der Waals surface area contributed by atoms with E-state index in [9.17, 15) is 4.79 Å². The largest absolute Gasteiger partial charge is 0.405 e. The number of aromatic nitrogens is 2. The zero-order chi connectivity index (χ0) is 17.8. The van der Waals surface area contributed by atoms with Crippen molar-refractivity contribution < 1.29 is 4.79 Å². The molecule has 126 valence electrons. The highest BCUT2D eigenvalue weighted by atomic mass is 32.1. The summed E-state index contributed by atoms with van der Waals surface area (Å²) in [6, 6.07) is 9.80. The summed E-state index contributed by atoms with van der Waals surface area (Å²) in [7, 11) is 0. The third-order valence-corrected chi connectivity index (χ3v) is 4.88. The van der Waals surface area contributed by atoms with Crippen LogP contribution in [0.2, 0.25) is 0 Å². The zero-order valence-corrected chi connectivity index (χ0v) is 14.2. The van der Waals surface area contributed by atoms with Crippen LogP contribution in [-0.2, 0) is 13.0 Å². The number of carbonyl (C=O) groups excluding carboxylic acids is 1. The van der Waals surface area contributed by atoms with Gasteiger partial charge in [0.2, 0.25) is 0 Å². The summed E-state index contributed by atoms with van der Waals surface area (Å²) in [5.41, 5.74) is 8.44. The number of allylic oxidation sites excluding steroid dienone is 1. The predicted octanol–water partition coefficient (Wildman–Crippen LogP) is 2.99. The molecule has 0 amide bonds. The third-order valence-electron chi connectivity index (χ3n) is 3.80. The molecule has 0 bridgehead atoms. The fourth-order valence-electron chi connectivity index (χ4n) is 2.70. The molecule has 0 fully saturated rings. The number of hydrogen-bond acceptors (Lipinski definition) is 6. The van der Waals surface area contributed by atoms with E-state index >= 15 is 0 Å². The van der Waals surface area contributed by atoms with Gasteiger partial charge < -0.3 is 21.1 Å². The summed E-state index contributed by atoms with van der Waals surface area (Å²) in [6.07, 6.45) is 5.20. The Balaban J connectivity index is 2.09. The van der Waals surface area contributed by atoms with Gasteiger partial charge in [0, 0.05) is 30.5 Å². The summed E-state index contributed by atoms with van der Waals surface area (Å²) in [5.74, 6) is 0. The minimum Gasteiger partial charge on any atom is -0.405 e. The average Bonchev–Trinajstić information content (AvgIpc) is 3.12. The molecular formula is C18H17N5OS. The summed E-state index contributed by atoms with van der Waals surface area (Å²) < 4.78 is 2.63. The number of thiazole rings is 1. The molecule has 0 unspecified atom stereocenters. The van der Waals surface area contributed by atoms with Crippen LogP contribution < -0.4 is 5.73 Å². The molecule has 0 aliphatic carbocycles. The average molecular weight is 351 g/mol. The van der Waals surface area contributed by atoms with Crippen LogP contribution in [0.5, 0.6) is 0 Å². The minimum absolute atomic E-state index is 0.362. The lowest BCUT2D eigenvalue weighted by Crippen LogP contribution is -2.06. The standard InChI is InChI=1S/C18H17N5OS/c19-7-6-13(21)8-16-22-18-17(25-16)14(9-20)15(11-24)23(18)10-12-4-2-1-3-5-12/h1-7,9,11,20-21H,8,10,19H2/b7-6-,20-9?,21-13?. The van der Waals surface area contributed by atoms with E-state index in [2.05, 4.69) is 4.98 Å². The molecule has 0 spiro atoms. The van der Waals surface area contributed by atoms with Crippen LogP contribution in [0.25, 0.3) is 10.3 Å². The van der Waals surface area contributed by atoms with Gasteiger partial charge in [-0.1, -0.05) is 30.3 Å². The lowest BCUT2D eigenvalue weighted by atomic mass is 10.2. The number of nitrogens with two attached hydrogens (primary N) is 1. The van der Waals surface area contributed by atoms with E-state index in [4.69, 9.17) is 16.6 Å². The van der Waals surface area contributed by atoms with E-state index < -0.39 is 0 Å². The Morgan fingerprint density at radius 1 is 1.32 bits per heavy atom. The molecule has 2 aromatic heterocycles. The van der Waals surface area contributed by atoms with Crippen LogP contribution in [0.15, 0.2) is 42.6 Å². The van der Waals surface area contributed by atoms with Crippen molar-refractivity contribution in [3.63, 3.8) is 0 Å². The molecule has 0 radical (unpaired) electrons. The molecule has 0 aliphatic heterocycles. The second kappa shape index (κ2) is 7.23. The first kappa shape index (κ1) is 16.8. The Labute approximate surface area is 148 Å². The number of fused-ring (bicyclic) bond motifs is 1. The van der Waals surface area contributed by atoms with Crippen LogP contribution in [-0.4, -0.2) is 27.8 Å². The van der Waals surface area contributed by atoms with Crippen LogP contribution in [0, 0.1) is 10.8 Å². The van der Waals surface area contributed by atoms with Crippen molar-refractivity contribution in [3.8, 4) is 0 Å². The first-order valence-corrected chi connectivity index (χ1v) is 8.46. The minimum atomic E-state index is 0.362. The number of rotatable bonds is 7. The lowest BCUT2D eigenvalue weighted by Gasteiger charge is -2.06. The van der Waals surface area contributed by atoms with Gasteiger partial charge >= 0.3 is 0 Å². The van der Waals surface area contributed by atoms with E-state index in [-0.39, 0.29) is 0 Å². The maximum atomic E-state index is 11.6. The summed E-state index contributed by atoms with van der Waals surface area (Å²) >= 11 is 1.41. The van der Waals surface area contributed by atoms with Gasteiger partial charge in [-0.25, -0.2) is 4.98 Å². The molecule has 7 heteroatoms.